The van der Waals surface area contributed by atoms with Crippen LogP contribution in [0.3, 0.4) is 0 Å². The number of hydrogen-bond acceptors (Lipinski definition) is 1. The zero-order chi connectivity index (χ0) is 21.6. The number of hydrogen-bond donors (Lipinski definition) is 1. The van der Waals surface area contributed by atoms with Crippen LogP contribution < -0.4 is 5.32 Å². The molecule has 0 saturated heterocycles. The van der Waals surface area contributed by atoms with E-state index in [2.05, 4.69) is 89.2 Å². The van der Waals surface area contributed by atoms with Crippen LogP contribution >= 0.6 is 43.5 Å². The Morgan fingerprint density at radius 1 is 1.07 bits per heavy atom. The number of rotatable bonds is 14. The van der Waals surface area contributed by atoms with Gasteiger partial charge >= 0.3 is 0 Å². The molecule has 0 aliphatic carbocycles. The van der Waals surface area contributed by atoms with Crippen molar-refractivity contribution in [2.24, 2.45) is 5.92 Å². The van der Waals surface area contributed by atoms with Crippen LogP contribution in [-0.4, -0.2) is 6.04 Å². The molecular formula is C25H38Br2ClN. The molecule has 0 heterocycles. The molecule has 0 fully saturated rings. The van der Waals surface area contributed by atoms with Crippen molar-refractivity contribution in [3.63, 3.8) is 0 Å². The third-order valence-electron chi connectivity index (χ3n) is 5.63. The van der Waals surface area contributed by atoms with Gasteiger partial charge in [0.15, 0.2) is 0 Å². The lowest BCUT2D eigenvalue weighted by Gasteiger charge is -2.35. The lowest BCUT2D eigenvalue weighted by Crippen LogP contribution is -2.35. The highest BCUT2D eigenvalue weighted by atomic mass is 79.9. The Labute approximate surface area is 201 Å². The highest BCUT2D eigenvalue weighted by Gasteiger charge is 2.31. The van der Waals surface area contributed by atoms with Crippen LogP contribution in [0.15, 0.2) is 39.9 Å². The van der Waals surface area contributed by atoms with Crippen molar-refractivity contribution >= 4 is 43.5 Å². The maximum Gasteiger partial charge on any atom is 0.0510 e. The number of unbranched alkanes of at least 4 members (excludes halogenated alkanes) is 3. The van der Waals surface area contributed by atoms with Crippen LogP contribution in [0.2, 0.25) is 5.02 Å². The Bertz CT molecular complexity index is 642. The fraction of sp³-hybridized carbons (Fsp3) is 0.600. The van der Waals surface area contributed by atoms with Gasteiger partial charge in [0.2, 0.25) is 0 Å². The lowest BCUT2D eigenvalue weighted by molar-refractivity contribution is 0.319. The molecule has 4 heteroatoms. The van der Waals surface area contributed by atoms with Gasteiger partial charge in [-0.3, -0.25) is 0 Å². The van der Waals surface area contributed by atoms with E-state index in [9.17, 15) is 0 Å². The van der Waals surface area contributed by atoms with Gasteiger partial charge in [0, 0.05) is 21.6 Å². The highest BCUT2D eigenvalue weighted by Crippen LogP contribution is 2.42. The van der Waals surface area contributed by atoms with Crippen molar-refractivity contribution in [2.75, 3.05) is 0 Å². The van der Waals surface area contributed by atoms with Crippen LogP contribution in [0.4, 0.5) is 0 Å². The molecule has 0 bridgehead atoms. The van der Waals surface area contributed by atoms with Gasteiger partial charge in [-0.25, -0.2) is 0 Å². The summed E-state index contributed by atoms with van der Waals surface area (Å²) in [6.45, 7) is 8.93. The second kappa shape index (κ2) is 15.5. The smallest absolute Gasteiger partial charge is 0.0510 e. The predicted molar refractivity (Wildman–Crippen MR) is 138 cm³/mol. The zero-order valence-electron chi connectivity index (χ0n) is 18.5. The van der Waals surface area contributed by atoms with Crippen LogP contribution in [0, 0.1) is 5.92 Å². The van der Waals surface area contributed by atoms with E-state index in [1.54, 1.807) is 0 Å². The summed E-state index contributed by atoms with van der Waals surface area (Å²) < 4.78 is 1.14. The van der Waals surface area contributed by atoms with Crippen LogP contribution in [-0.2, 0) is 6.42 Å². The summed E-state index contributed by atoms with van der Waals surface area (Å²) in [7, 11) is 0. The molecule has 0 aromatic heterocycles. The van der Waals surface area contributed by atoms with E-state index in [1.165, 1.54) is 56.1 Å². The van der Waals surface area contributed by atoms with Crippen LogP contribution in [0.5, 0.6) is 0 Å². The predicted octanol–water partition coefficient (Wildman–Crippen LogP) is 9.54. The van der Waals surface area contributed by atoms with E-state index in [0.717, 1.165) is 15.9 Å². The molecule has 0 amide bonds. The average molecular weight is 548 g/mol. The Kier molecular flexibility index (Phi) is 14.3. The standard InChI is InChI=1S/C25H38Br2ClN/c1-5-9-10-11-14-20(12-6-2)25(23(13-7-3)29-16-15-26)24-19(8-4)17-21(28)18-22(24)27/h7,13,15-18,20,23,25,29H,5-6,8-12,14H2,1-4H3/b13-7-,16-15+. The zero-order valence-corrected chi connectivity index (χ0v) is 22.4. The first-order chi connectivity index (χ1) is 14.0. The van der Waals surface area contributed by atoms with Gasteiger partial charge in [0.25, 0.3) is 0 Å². The minimum Gasteiger partial charge on any atom is -0.384 e. The fourth-order valence-electron chi connectivity index (χ4n) is 4.35. The number of allylic oxidation sites excluding steroid dienone is 1. The molecule has 1 aromatic carbocycles. The van der Waals surface area contributed by atoms with Crippen LogP contribution in [0.25, 0.3) is 0 Å². The first-order valence-corrected chi connectivity index (χ1v) is 13.2. The van der Waals surface area contributed by atoms with Gasteiger partial charge in [-0.2, -0.15) is 0 Å². The maximum absolute atomic E-state index is 6.41. The Morgan fingerprint density at radius 2 is 1.83 bits per heavy atom. The monoisotopic (exact) mass is 545 g/mol. The highest BCUT2D eigenvalue weighted by molar-refractivity contribution is 9.11. The molecule has 0 aliphatic heterocycles. The summed E-state index contributed by atoms with van der Waals surface area (Å²) in [6.07, 6.45) is 16.4. The summed E-state index contributed by atoms with van der Waals surface area (Å²) in [6, 6.07) is 4.46. The largest absolute Gasteiger partial charge is 0.384 e. The van der Waals surface area contributed by atoms with E-state index in [-0.39, 0.29) is 6.04 Å². The maximum atomic E-state index is 6.41. The topological polar surface area (TPSA) is 12.0 Å². The summed E-state index contributed by atoms with van der Waals surface area (Å²) in [5.74, 6) is 1.01. The van der Waals surface area contributed by atoms with E-state index in [1.807, 2.05) is 11.2 Å². The molecule has 0 saturated carbocycles. The van der Waals surface area contributed by atoms with Gasteiger partial charge in [-0.1, -0.05) is 115 Å². The van der Waals surface area contributed by atoms with Crippen molar-refractivity contribution in [1.29, 1.82) is 0 Å². The van der Waals surface area contributed by atoms with E-state index >= 15 is 0 Å². The third-order valence-corrected chi connectivity index (χ3v) is 6.77. The second-order valence-corrected chi connectivity index (χ2v) is 9.57. The fourth-order valence-corrected chi connectivity index (χ4v) is 5.64. The molecule has 1 N–H and O–H groups in total. The number of benzene rings is 1. The minimum atomic E-state index is 0.235. The Balaban J connectivity index is 3.46. The van der Waals surface area contributed by atoms with Crippen LogP contribution in [0.1, 0.15) is 89.7 Å². The quantitative estimate of drug-likeness (QED) is 0.181. The van der Waals surface area contributed by atoms with Gasteiger partial charge < -0.3 is 5.32 Å². The number of halogens is 3. The van der Waals surface area contributed by atoms with Gasteiger partial charge in [-0.15, -0.1) is 0 Å². The van der Waals surface area contributed by atoms with Crippen molar-refractivity contribution in [1.82, 2.24) is 5.32 Å². The van der Waals surface area contributed by atoms with Gasteiger partial charge in [0.1, 0.15) is 0 Å². The third kappa shape index (κ3) is 8.79. The van der Waals surface area contributed by atoms with Crippen molar-refractivity contribution in [3.05, 3.63) is 56.1 Å². The Hall–Kier alpha value is -0.250. The van der Waals surface area contributed by atoms with Gasteiger partial charge in [-0.05, 0) is 53.9 Å². The average Bonchev–Trinajstić information content (AvgIpc) is 2.70. The van der Waals surface area contributed by atoms with Gasteiger partial charge in [0.05, 0.1) is 6.04 Å². The normalized spacial score (nSPS) is 15.1. The molecule has 29 heavy (non-hydrogen) atoms. The lowest BCUT2D eigenvalue weighted by atomic mass is 9.74. The van der Waals surface area contributed by atoms with Crippen molar-refractivity contribution in [2.45, 2.75) is 91.0 Å². The first-order valence-electron chi connectivity index (χ1n) is 11.2. The summed E-state index contributed by atoms with van der Waals surface area (Å²) >= 11 is 13.7. The molecule has 3 atom stereocenters. The summed E-state index contributed by atoms with van der Waals surface area (Å²) in [5, 5.41) is 4.44. The molecule has 1 rings (SSSR count). The van der Waals surface area contributed by atoms with E-state index in [4.69, 9.17) is 11.6 Å². The first kappa shape index (κ1) is 26.8. The molecular weight excluding hydrogens is 510 g/mol. The molecule has 1 nitrogen and oxygen atoms in total. The summed E-state index contributed by atoms with van der Waals surface area (Å²) in [4.78, 5) is 1.90. The molecule has 0 spiro atoms. The second-order valence-electron chi connectivity index (χ2n) is 7.75. The number of aryl methyl sites for hydroxylation is 1. The molecule has 164 valence electrons. The number of nitrogens with one attached hydrogen (secondary N) is 1. The molecule has 0 aliphatic rings. The van der Waals surface area contributed by atoms with E-state index < -0.39 is 0 Å². The van der Waals surface area contributed by atoms with Crippen molar-refractivity contribution in [3.8, 4) is 0 Å². The van der Waals surface area contributed by atoms with E-state index in [0.29, 0.717) is 11.8 Å². The minimum absolute atomic E-state index is 0.235. The molecule has 1 aromatic rings. The van der Waals surface area contributed by atoms with Crippen molar-refractivity contribution < 1.29 is 0 Å². The summed E-state index contributed by atoms with van der Waals surface area (Å²) in [5.41, 5.74) is 2.77. The Morgan fingerprint density at radius 3 is 2.41 bits per heavy atom. The molecule has 0 radical (unpaired) electrons. The molecule has 3 unspecified atom stereocenters. The SMILES string of the molecule is C/C=C\C(N/C=C/Br)C(c1c(Br)cc(Cl)cc1CC)C(CCC)CCCCCC.